The third-order valence-electron chi connectivity index (χ3n) is 4.22. The monoisotopic (exact) mass is 333 g/mol. The minimum absolute atomic E-state index is 0.290. The van der Waals surface area contributed by atoms with Gasteiger partial charge in [-0.15, -0.1) is 10.2 Å². The first kappa shape index (κ1) is 16.4. The first-order valence-electron chi connectivity index (χ1n) is 8.20. The first-order valence-corrected chi connectivity index (χ1v) is 8.20. The standard InChI is InChI=1S/C15H23N7O2/c1-3-22-10-17-19-14(22)9-16-15(23)18-13-8-12(20-21(13)2)11-4-6-24-7-5-11/h8,10-11H,3-7,9H2,1-2H3,(H2,16,18,23). The van der Waals surface area contributed by atoms with Gasteiger partial charge in [0.2, 0.25) is 0 Å². The van der Waals surface area contributed by atoms with Crippen molar-refractivity contribution in [2.45, 2.75) is 38.8 Å². The zero-order valence-electron chi connectivity index (χ0n) is 14.0. The highest BCUT2D eigenvalue weighted by Crippen LogP contribution is 2.27. The number of nitrogens with one attached hydrogen (secondary N) is 2. The molecule has 0 aliphatic carbocycles. The Labute approximate surface area is 140 Å². The van der Waals surface area contributed by atoms with Gasteiger partial charge >= 0.3 is 6.03 Å². The minimum atomic E-state index is -0.290. The summed E-state index contributed by atoms with van der Waals surface area (Å²) < 4.78 is 8.96. The smallest absolute Gasteiger partial charge is 0.320 e. The van der Waals surface area contributed by atoms with Crippen LogP contribution in [0.2, 0.25) is 0 Å². The Balaban J connectivity index is 1.57. The highest BCUT2D eigenvalue weighted by atomic mass is 16.5. The minimum Gasteiger partial charge on any atom is -0.381 e. The van der Waals surface area contributed by atoms with E-state index >= 15 is 0 Å². The number of nitrogens with zero attached hydrogens (tertiary/aromatic N) is 5. The number of aryl methyl sites for hydroxylation is 2. The van der Waals surface area contributed by atoms with E-state index in [0.717, 1.165) is 44.1 Å². The summed E-state index contributed by atoms with van der Waals surface area (Å²) >= 11 is 0. The van der Waals surface area contributed by atoms with E-state index in [1.165, 1.54) is 0 Å². The van der Waals surface area contributed by atoms with E-state index in [-0.39, 0.29) is 6.03 Å². The summed E-state index contributed by atoms with van der Waals surface area (Å²) in [5.41, 5.74) is 1.00. The molecule has 2 aromatic rings. The SMILES string of the molecule is CCn1cnnc1CNC(=O)Nc1cc(C2CCOCC2)nn1C. The highest BCUT2D eigenvalue weighted by molar-refractivity contribution is 5.88. The second kappa shape index (κ2) is 7.43. The molecule has 9 heteroatoms. The average molecular weight is 333 g/mol. The van der Waals surface area contributed by atoms with Crippen LogP contribution < -0.4 is 10.6 Å². The Bertz CT molecular complexity index is 688. The molecule has 1 aliphatic rings. The molecule has 2 amide bonds. The summed E-state index contributed by atoms with van der Waals surface area (Å²) in [5, 5.41) is 18.0. The molecule has 0 atom stereocenters. The normalized spacial score (nSPS) is 15.4. The van der Waals surface area contributed by atoms with Crippen LogP contribution in [0.1, 0.15) is 37.2 Å². The number of anilines is 1. The van der Waals surface area contributed by atoms with Crippen molar-refractivity contribution in [1.82, 2.24) is 29.9 Å². The van der Waals surface area contributed by atoms with Gasteiger partial charge in [0.25, 0.3) is 0 Å². The molecule has 0 unspecified atom stereocenters. The molecule has 24 heavy (non-hydrogen) atoms. The van der Waals surface area contributed by atoms with Crippen LogP contribution in [-0.4, -0.2) is 43.8 Å². The Morgan fingerprint density at radius 1 is 1.42 bits per heavy atom. The van der Waals surface area contributed by atoms with Crippen molar-refractivity contribution in [2.75, 3.05) is 18.5 Å². The van der Waals surface area contributed by atoms with Gasteiger partial charge in [-0.05, 0) is 19.8 Å². The molecule has 1 fully saturated rings. The fourth-order valence-corrected chi connectivity index (χ4v) is 2.80. The lowest BCUT2D eigenvalue weighted by atomic mass is 9.97. The zero-order valence-corrected chi connectivity index (χ0v) is 14.0. The second-order valence-electron chi connectivity index (χ2n) is 5.81. The lowest BCUT2D eigenvalue weighted by Crippen LogP contribution is -2.30. The van der Waals surface area contributed by atoms with E-state index in [4.69, 9.17) is 4.74 Å². The largest absolute Gasteiger partial charge is 0.381 e. The van der Waals surface area contributed by atoms with Crippen LogP contribution in [0.5, 0.6) is 0 Å². The second-order valence-corrected chi connectivity index (χ2v) is 5.81. The number of amides is 2. The fourth-order valence-electron chi connectivity index (χ4n) is 2.80. The van der Waals surface area contributed by atoms with Gasteiger partial charge in [0.15, 0.2) is 5.82 Å². The molecule has 1 saturated heterocycles. The van der Waals surface area contributed by atoms with Crippen molar-refractivity contribution in [1.29, 1.82) is 0 Å². The van der Waals surface area contributed by atoms with Gasteiger partial charge in [-0.25, -0.2) is 4.79 Å². The molecule has 3 heterocycles. The Morgan fingerprint density at radius 3 is 2.96 bits per heavy atom. The van der Waals surface area contributed by atoms with E-state index < -0.39 is 0 Å². The lowest BCUT2D eigenvalue weighted by molar-refractivity contribution is 0.0844. The van der Waals surface area contributed by atoms with Crippen LogP contribution >= 0.6 is 0 Å². The van der Waals surface area contributed by atoms with E-state index in [0.29, 0.717) is 18.3 Å². The number of rotatable bonds is 5. The summed E-state index contributed by atoms with van der Waals surface area (Å²) in [6.45, 7) is 4.62. The number of carbonyl (C=O) groups excluding carboxylic acids is 1. The van der Waals surface area contributed by atoms with Gasteiger partial charge in [-0.1, -0.05) is 0 Å². The molecule has 0 saturated carbocycles. The molecule has 1 aliphatic heterocycles. The van der Waals surface area contributed by atoms with Crippen LogP contribution in [0.15, 0.2) is 12.4 Å². The molecule has 0 radical (unpaired) electrons. The van der Waals surface area contributed by atoms with Crippen LogP contribution in [0, 0.1) is 0 Å². The Morgan fingerprint density at radius 2 is 2.21 bits per heavy atom. The third-order valence-corrected chi connectivity index (χ3v) is 4.22. The van der Waals surface area contributed by atoms with Crippen LogP contribution in [0.3, 0.4) is 0 Å². The van der Waals surface area contributed by atoms with Gasteiger partial charge in [0.1, 0.15) is 12.1 Å². The Kier molecular flexibility index (Phi) is 5.09. The molecule has 130 valence electrons. The summed E-state index contributed by atoms with van der Waals surface area (Å²) in [7, 11) is 1.83. The summed E-state index contributed by atoms with van der Waals surface area (Å²) in [5.74, 6) is 1.79. The molecule has 3 rings (SSSR count). The van der Waals surface area contributed by atoms with Gasteiger partial charge in [-0.3, -0.25) is 10.00 Å². The highest BCUT2D eigenvalue weighted by Gasteiger charge is 2.20. The van der Waals surface area contributed by atoms with Crippen LogP contribution in [-0.2, 0) is 24.9 Å². The summed E-state index contributed by atoms with van der Waals surface area (Å²) in [6, 6.07) is 1.64. The molecule has 2 N–H and O–H groups in total. The quantitative estimate of drug-likeness (QED) is 0.858. The zero-order chi connectivity index (χ0) is 16.9. The van der Waals surface area contributed by atoms with Crippen molar-refractivity contribution >= 4 is 11.8 Å². The van der Waals surface area contributed by atoms with E-state index in [1.807, 2.05) is 24.6 Å². The Hall–Kier alpha value is -2.42. The molecule has 2 aromatic heterocycles. The number of aromatic nitrogens is 5. The van der Waals surface area contributed by atoms with Gasteiger partial charge < -0.3 is 14.6 Å². The molecule has 9 nitrogen and oxygen atoms in total. The molecular weight excluding hydrogens is 310 g/mol. The topological polar surface area (TPSA) is 98.9 Å². The number of ether oxygens (including phenoxy) is 1. The number of urea groups is 1. The van der Waals surface area contributed by atoms with Crippen LogP contribution in [0.4, 0.5) is 10.6 Å². The van der Waals surface area contributed by atoms with E-state index in [2.05, 4.69) is 25.9 Å². The van der Waals surface area contributed by atoms with Crippen molar-refractivity contribution in [3.8, 4) is 0 Å². The number of hydrogen-bond acceptors (Lipinski definition) is 5. The molecule has 0 aromatic carbocycles. The van der Waals surface area contributed by atoms with Gasteiger partial charge in [0, 0.05) is 38.8 Å². The predicted molar refractivity (Wildman–Crippen MR) is 87.6 cm³/mol. The predicted octanol–water partition coefficient (Wildman–Crippen LogP) is 1.25. The van der Waals surface area contributed by atoms with E-state index in [1.54, 1.807) is 11.0 Å². The maximum absolute atomic E-state index is 12.1. The summed E-state index contributed by atoms with van der Waals surface area (Å²) in [6.07, 6.45) is 3.58. The maximum Gasteiger partial charge on any atom is 0.320 e. The first-order chi connectivity index (χ1) is 11.7. The fraction of sp³-hybridized carbons (Fsp3) is 0.600. The molecule has 0 spiro atoms. The average Bonchev–Trinajstić information content (AvgIpc) is 3.20. The van der Waals surface area contributed by atoms with Crippen molar-refractivity contribution in [3.05, 3.63) is 23.9 Å². The van der Waals surface area contributed by atoms with Gasteiger partial charge in [-0.2, -0.15) is 5.10 Å². The van der Waals surface area contributed by atoms with E-state index in [9.17, 15) is 4.79 Å². The number of carbonyl (C=O) groups is 1. The summed E-state index contributed by atoms with van der Waals surface area (Å²) in [4.78, 5) is 12.1. The lowest BCUT2D eigenvalue weighted by Gasteiger charge is -2.19. The third kappa shape index (κ3) is 3.73. The van der Waals surface area contributed by atoms with Crippen molar-refractivity contribution < 1.29 is 9.53 Å². The molecule has 0 bridgehead atoms. The van der Waals surface area contributed by atoms with Crippen molar-refractivity contribution in [3.63, 3.8) is 0 Å². The molecular formula is C15H23N7O2. The number of hydrogen-bond donors (Lipinski definition) is 2. The van der Waals surface area contributed by atoms with Crippen LogP contribution in [0.25, 0.3) is 0 Å². The van der Waals surface area contributed by atoms with Gasteiger partial charge in [0.05, 0.1) is 12.2 Å². The maximum atomic E-state index is 12.1. The van der Waals surface area contributed by atoms with Crippen molar-refractivity contribution in [2.24, 2.45) is 7.05 Å².